The van der Waals surface area contributed by atoms with Crippen LogP contribution in [-0.4, -0.2) is 64.2 Å². The summed E-state index contributed by atoms with van der Waals surface area (Å²) in [5.74, 6) is 0.490. The lowest BCUT2D eigenvalue weighted by molar-refractivity contribution is -0.140. The van der Waals surface area contributed by atoms with Gasteiger partial charge < -0.3 is 19.7 Å². The first kappa shape index (κ1) is 26.6. The molecule has 0 saturated heterocycles. The zero-order valence-corrected chi connectivity index (χ0v) is 21.6. The number of rotatable bonds is 10. The van der Waals surface area contributed by atoms with Gasteiger partial charge in [-0.3, -0.25) is 13.9 Å². The zero-order chi connectivity index (χ0) is 25.6. The lowest BCUT2D eigenvalue weighted by Crippen LogP contribution is -2.46. The van der Waals surface area contributed by atoms with Gasteiger partial charge >= 0.3 is 0 Å². The fourth-order valence-corrected chi connectivity index (χ4v) is 4.85. The number of nitrogens with zero attached hydrogens (tertiary/aromatic N) is 2. The predicted molar refractivity (Wildman–Crippen MR) is 134 cm³/mol. The predicted octanol–water partition coefficient (Wildman–Crippen LogP) is 2.82. The SMILES string of the molecule is CNC(=O)[C@H](C)N(Cc1ccc(Cl)cc1)C(=O)CCCN(c1ccc2c(c1)OCCO2)S(C)(=O)=O. The Morgan fingerprint density at radius 2 is 1.74 bits per heavy atom. The average molecular weight is 524 g/mol. The van der Waals surface area contributed by atoms with Crippen molar-refractivity contribution in [1.82, 2.24) is 10.2 Å². The van der Waals surface area contributed by atoms with E-state index in [9.17, 15) is 18.0 Å². The molecular weight excluding hydrogens is 494 g/mol. The Kier molecular flexibility index (Phi) is 8.85. The van der Waals surface area contributed by atoms with E-state index in [-0.39, 0.29) is 37.7 Å². The first-order valence-electron chi connectivity index (χ1n) is 11.2. The minimum atomic E-state index is -3.61. The molecule has 11 heteroatoms. The third-order valence-electron chi connectivity index (χ3n) is 5.65. The quantitative estimate of drug-likeness (QED) is 0.513. The minimum Gasteiger partial charge on any atom is -0.486 e. The van der Waals surface area contributed by atoms with Gasteiger partial charge in [-0.15, -0.1) is 0 Å². The van der Waals surface area contributed by atoms with Crippen molar-refractivity contribution in [2.75, 3.05) is 37.4 Å². The molecule has 2 amide bonds. The highest BCUT2D eigenvalue weighted by Gasteiger charge is 2.26. The highest BCUT2D eigenvalue weighted by atomic mass is 35.5. The van der Waals surface area contributed by atoms with Crippen molar-refractivity contribution in [3.05, 3.63) is 53.1 Å². The summed E-state index contributed by atoms with van der Waals surface area (Å²) in [5, 5.41) is 3.15. The molecule has 1 atom stereocenters. The maximum atomic E-state index is 13.2. The second-order valence-corrected chi connectivity index (χ2v) is 10.5. The third-order valence-corrected chi connectivity index (χ3v) is 7.09. The zero-order valence-electron chi connectivity index (χ0n) is 20.0. The summed E-state index contributed by atoms with van der Waals surface area (Å²) < 4.78 is 37.3. The van der Waals surface area contributed by atoms with Crippen LogP contribution in [0.5, 0.6) is 11.5 Å². The van der Waals surface area contributed by atoms with Crippen LogP contribution in [0.2, 0.25) is 5.02 Å². The number of hydrogen-bond acceptors (Lipinski definition) is 6. The summed E-state index contributed by atoms with van der Waals surface area (Å²) >= 11 is 5.96. The van der Waals surface area contributed by atoms with Crippen molar-refractivity contribution in [2.45, 2.75) is 32.4 Å². The van der Waals surface area contributed by atoms with Gasteiger partial charge in [0.25, 0.3) is 0 Å². The van der Waals surface area contributed by atoms with Gasteiger partial charge in [0.05, 0.1) is 11.9 Å². The Morgan fingerprint density at radius 1 is 1.09 bits per heavy atom. The van der Waals surface area contributed by atoms with E-state index in [4.69, 9.17) is 21.1 Å². The number of carbonyl (C=O) groups is 2. The number of halogens is 1. The van der Waals surface area contributed by atoms with E-state index in [2.05, 4.69) is 5.32 Å². The minimum absolute atomic E-state index is 0.0610. The van der Waals surface area contributed by atoms with Crippen LogP contribution in [0.3, 0.4) is 0 Å². The molecule has 0 bridgehead atoms. The summed E-state index contributed by atoms with van der Waals surface area (Å²) in [6.07, 6.45) is 1.44. The lowest BCUT2D eigenvalue weighted by Gasteiger charge is -2.29. The summed E-state index contributed by atoms with van der Waals surface area (Å²) in [6.45, 7) is 2.79. The molecule has 1 heterocycles. The fraction of sp³-hybridized carbons (Fsp3) is 0.417. The van der Waals surface area contributed by atoms with Crippen molar-refractivity contribution in [3.63, 3.8) is 0 Å². The molecule has 0 unspecified atom stereocenters. The molecule has 3 rings (SSSR count). The van der Waals surface area contributed by atoms with Crippen LogP contribution in [0.25, 0.3) is 0 Å². The van der Waals surface area contributed by atoms with E-state index in [1.54, 1.807) is 49.4 Å². The van der Waals surface area contributed by atoms with E-state index in [1.165, 1.54) is 16.3 Å². The van der Waals surface area contributed by atoms with Crippen LogP contribution in [-0.2, 0) is 26.2 Å². The number of ether oxygens (including phenoxy) is 2. The number of benzene rings is 2. The smallest absolute Gasteiger partial charge is 0.242 e. The molecule has 2 aromatic rings. The molecule has 0 aliphatic carbocycles. The van der Waals surface area contributed by atoms with Gasteiger partial charge in [0, 0.05) is 37.6 Å². The lowest BCUT2D eigenvalue weighted by atomic mass is 10.1. The van der Waals surface area contributed by atoms with Gasteiger partial charge in [0.1, 0.15) is 19.3 Å². The van der Waals surface area contributed by atoms with E-state index in [1.807, 2.05) is 0 Å². The van der Waals surface area contributed by atoms with Gasteiger partial charge in [-0.05, 0) is 43.2 Å². The van der Waals surface area contributed by atoms with E-state index in [0.717, 1.165) is 11.8 Å². The van der Waals surface area contributed by atoms with Crippen LogP contribution in [0.15, 0.2) is 42.5 Å². The Morgan fingerprint density at radius 3 is 2.37 bits per heavy atom. The fourth-order valence-electron chi connectivity index (χ4n) is 3.77. The molecule has 190 valence electrons. The molecule has 1 aliphatic heterocycles. The molecule has 0 saturated carbocycles. The van der Waals surface area contributed by atoms with Gasteiger partial charge in [-0.25, -0.2) is 8.42 Å². The van der Waals surface area contributed by atoms with Crippen LogP contribution in [0.4, 0.5) is 5.69 Å². The van der Waals surface area contributed by atoms with Crippen molar-refractivity contribution >= 4 is 39.1 Å². The van der Waals surface area contributed by atoms with Gasteiger partial charge in [-0.2, -0.15) is 0 Å². The van der Waals surface area contributed by atoms with E-state index in [0.29, 0.717) is 35.4 Å². The number of amides is 2. The summed E-state index contributed by atoms with van der Waals surface area (Å²) in [7, 11) is -2.10. The number of anilines is 1. The summed E-state index contributed by atoms with van der Waals surface area (Å²) in [5.41, 5.74) is 1.26. The molecular formula is C24H30ClN3O6S. The van der Waals surface area contributed by atoms with Crippen molar-refractivity contribution in [2.24, 2.45) is 0 Å². The Balaban J connectivity index is 1.72. The normalized spacial score (nSPS) is 13.6. The molecule has 9 nitrogen and oxygen atoms in total. The third kappa shape index (κ3) is 7.02. The Hall–Kier alpha value is -2.98. The molecule has 0 spiro atoms. The van der Waals surface area contributed by atoms with E-state index >= 15 is 0 Å². The molecule has 1 aliphatic rings. The number of carbonyl (C=O) groups excluding carboxylic acids is 2. The topological polar surface area (TPSA) is 105 Å². The molecule has 35 heavy (non-hydrogen) atoms. The number of fused-ring (bicyclic) bond motifs is 1. The second kappa shape index (κ2) is 11.6. The first-order chi connectivity index (χ1) is 16.6. The molecule has 0 fully saturated rings. The highest BCUT2D eigenvalue weighted by molar-refractivity contribution is 7.92. The van der Waals surface area contributed by atoms with Crippen LogP contribution in [0, 0.1) is 0 Å². The standard InChI is InChI=1S/C24H30ClN3O6S/c1-17(24(30)26-2)27(16-18-6-8-19(25)9-7-18)23(29)5-4-12-28(35(3,31)32)20-10-11-21-22(15-20)34-14-13-33-21/h6-11,15,17H,4-5,12-14,16H2,1-3H3,(H,26,30)/t17-/m0/s1. The van der Waals surface area contributed by atoms with Gasteiger partial charge in [-0.1, -0.05) is 23.7 Å². The largest absolute Gasteiger partial charge is 0.486 e. The maximum Gasteiger partial charge on any atom is 0.242 e. The van der Waals surface area contributed by atoms with E-state index < -0.39 is 16.1 Å². The number of hydrogen-bond donors (Lipinski definition) is 1. The van der Waals surface area contributed by atoms with Crippen molar-refractivity contribution in [1.29, 1.82) is 0 Å². The van der Waals surface area contributed by atoms with Gasteiger partial charge in [0.15, 0.2) is 11.5 Å². The van der Waals surface area contributed by atoms with Crippen LogP contribution >= 0.6 is 11.6 Å². The second-order valence-electron chi connectivity index (χ2n) is 8.20. The van der Waals surface area contributed by atoms with Crippen molar-refractivity contribution < 1.29 is 27.5 Å². The van der Waals surface area contributed by atoms with Crippen LogP contribution < -0.4 is 19.1 Å². The monoisotopic (exact) mass is 523 g/mol. The maximum absolute atomic E-state index is 13.2. The van der Waals surface area contributed by atoms with Crippen molar-refractivity contribution in [3.8, 4) is 11.5 Å². The number of sulfonamides is 1. The van der Waals surface area contributed by atoms with Gasteiger partial charge in [0.2, 0.25) is 21.8 Å². The molecule has 1 N–H and O–H groups in total. The first-order valence-corrected chi connectivity index (χ1v) is 13.5. The number of likely N-dealkylation sites (N-methyl/N-ethyl adjacent to an activating group) is 1. The molecule has 0 aromatic heterocycles. The highest BCUT2D eigenvalue weighted by Crippen LogP contribution is 2.34. The Bertz CT molecular complexity index is 1160. The summed E-state index contributed by atoms with van der Waals surface area (Å²) in [4.78, 5) is 26.9. The average Bonchev–Trinajstić information content (AvgIpc) is 2.84. The Labute approximate surface area is 211 Å². The number of nitrogens with one attached hydrogen (secondary N) is 1. The molecule has 2 aromatic carbocycles. The molecule has 0 radical (unpaired) electrons. The summed E-state index contributed by atoms with van der Waals surface area (Å²) in [6, 6.07) is 11.3. The van der Waals surface area contributed by atoms with Crippen LogP contribution in [0.1, 0.15) is 25.3 Å².